The average Bonchev–Trinajstić information content (AvgIpc) is 2.76. The Balaban J connectivity index is 2.22. The van der Waals surface area contributed by atoms with Crippen LogP contribution in [0.15, 0.2) is 24.3 Å². The van der Waals surface area contributed by atoms with Crippen molar-refractivity contribution in [2.45, 2.75) is 19.9 Å². The maximum absolute atomic E-state index is 9.33. The Labute approximate surface area is 112 Å². The third-order valence-electron chi connectivity index (χ3n) is 3.00. The molecule has 0 spiro atoms. The molecule has 0 radical (unpaired) electrons. The second-order valence-electron chi connectivity index (χ2n) is 4.28. The summed E-state index contributed by atoms with van der Waals surface area (Å²) in [5, 5.41) is 19.5. The Bertz CT molecular complexity index is 575. The van der Waals surface area contributed by atoms with Gasteiger partial charge in [-0.05, 0) is 38.1 Å². The molecule has 5 nitrogen and oxygen atoms in total. The van der Waals surface area contributed by atoms with Crippen molar-refractivity contribution in [3.8, 4) is 11.8 Å². The number of rotatable bonds is 4. The van der Waals surface area contributed by atoms with Crippen LogP contribution in [0.4, 0.5) is 5.69 Å². The minimum atomic E-state index is -0.424. The predicted molar refractivity (Wildman–Crippen MR) is 73.0 cm³/mol. The molecule has 2 aromatic rings. The van der Waals surface area contributed by atoms with Gasteiger partial charge in [-0.2, -0.15) is 10.4 Å². The van der Waals surface area contributed by atoms with E-state index in [1.807, 2.05) is 38.1 Å². The molecule has 1 heterocycles. The first-order valence-electron chi connectivity index (χ1n) is 5.97. The summed E-state index contributed by atoms with van der Waals surface area (Å²) in [4.78, 5) is 0. The van der Waals surface area contributed by atoms with E-state index in [0.717, 1.165) is 28.4 Å². The molecule has 98 valence electrons. The number of methoxy groups -OCH3 is 1. The minimum Gasteiger partial charge on any atom is -0.497 e. The van der Waals surface area contributed by atoms with Crippen LogP contribution >= 0.6 is 0 Å². The number of H-pyrrole nitrogens is 1. The van der Waals surface area contributed by atoms with Crippen molar-refractivity contribution in [1.29, 1.82) is 5.26 Å². The fourth-order valence-electron chi connectivity index (χ4n) is 2.01. The highest BCUT2D eigenvalue weighted by molar-refractivity contribution is 5.50. The first-order chi connectivity index (χ1) is 9.15. The lowest BCUT2D eigenvalue weighted by atomic mass is 10.1. The van der Waals surface area contributed by atoms with Gasteiger partial charge in [0.25, 0.3) is 0 Å². The van der Waals surface area contributed by atoms with E-state index in [1.54, 1.807) is 7.11 Å². The number of aromatic amines is 1. The fraction of sp³-hybridized carbons (Fsp3) is 0.286. The number of ether oxygens (including phenoxy) is 1. The lowest BCUT2D eigenvalue weighted by molar-refractivity contribution is 0.415. The van der Waals surface area contributed by atoms with E-state index in [-0.39, 0.29) is 0 Å². The van der Waals surface area contributed by atoms with E-state index < -0.39 is 6.04 Å². The number of hydrogen-bond donors (Lipinski definition) is 2. The van der Waals surface area contributed by atoms with E-state index in [0.29, 0.717) is 0 Å². The Morgan fingerprint density at radius 1 is 1.32 bits per heavy atom. The Morgan fingerprint density at radius 2 is 2.00 bits per heavy atom. The van der Waals surface area contributed by atoms with Crippen molar-refractivity contribution in [1.82, 2.24) is 10.2 Å². The summed E-state index contributed by atoms with van der Waals surface area (Å²) >= 11 is 0. The first kappa shape index (κ1) is 13.0. The van der Waals surface area contributed by atoms with Gasteiger partial charge in [-0.3, -0.25) is 5.10 Å². The van der Waals surface area contributed by atoms with Crippen LogP contribution in [0.3, 0.4) is 0 Å². The van der Waals surface area contributed by atoms with Crippen molar-refractivity contribution in [3.63, 3.8) is 0 Å². The van der Waals surface area contributed by atoms with Gasteiger partial charge in [0.15, 0.2) is 0 Å². The highest BCUT2D eigenvalue weighted by atomic mass is 16.5. The summed E-state index contributed by atoms with van der Waals surface area (Å²) in [6.07, 6.45) is 0. The predicted octanol–water partition coefficient (Wildman–Crippen LogP) is 2.71. The van der Waals surface area contributed by atoms with Gasteiger partial charge < -0.3 is 10.1 Å². The number of aryl methyl sites for hydroxylation is 2. The number of hydrogen-bond acceptors (Lipinski definition) is 4. The molecule has 0 aliphatic carbocycles. The van der Waals surface area contributed by atoms with E-state index in [9.17, 15) is 5.26 Å². The molecule has 0 amide bonds. The normalized spacial score (nSPS) is 11.7. The van der Waals surface area contributed by atoms with E-state index in [1.165, 1.54) is 0 Å². The highest BCUT2D eigenvalue weighted by Crippen LogP contribution is 2.24. The molecule has 0 fully saturated rings. The topological polar surface area (TPSA) is 73.7 Å². The molecule has 0 bridgehead atoms. The van der Waals surface area contributed by atoms with Crippen LogP contribution in [-0.4, -0.2) is 17.3 Å². The molecule has 5 heteroatoms. The molecular weight excluding hydrogens is 240 g/mol. The second-order valence-corrected chi connectivity index (χ2v) is 4.28. The van der Waals surface area contributed by atoms with Crippen LogP contribution in [0.25, 0.3) is 0 Å². The van der Waals surface area contributed by atoms with Crippen LogP contribution in [0.1, 0.15) is 23.0 Å². The quantitative estimate of drug-likeness (QED) is 0.882. The van der Waals surface area contributed by atoms with Crippen molar-refractivity contribution < 1.29 is 4.74 Å². The third kappa shape index (κ3) is 2.68. The lowest BCUT2D eigenvalue weighted by Crippen LogP contribution is -2.10. The van der Waals surface area contributed by atoms with Crippen LogP contribution in [0.2, 0.25) is 0 Å². The molecule has 0 aliphatic rings. The van der Waals surface area contributed by atoms with E-state index in [2.05, 4.69) is 21.6 Å². The van der Waals surface area contributed by atoms with Gasteiger partial charge in [-0.25, -0.2) is 0 Å². The molecule has 19 heavy (non-hydrogen) atoms. The van der Waals surface area contributed by atoms with Gasteiger partial charge in [0.1, 0.15) is 11.8 Å². The second kappa shape index (κ2) is 5.44. The smallest absolute Gasteiger partial charge is 0.143 e. The number of aromatic nitrogens is 2. The molecule has 0 saturated heterocycles. The number of nitriles is 1. The average molecular weight is 256 g/mol. The zero-order valence-corrected chi connectivity index (χ0v) is 11.2. The molecule has 2 N–H and O–H groups in total. The summed E-state index contributed by atoms with van der Waals surface area (Å²) in [7, 11) is 1.62. The molecule has 1 aromatic carbocycles. The number of nitrogens with one attached hydrogen (secondary N) is 2. The Morgan fingerprint density at radius 3 is 2.47 bits per heavy atom. The van der Waals surface area contributed by atoms with Crippen LogP contribution in [0.5, 0.6) is 5.75 Å². The molecule has 1 aromatic heterocycles. The van der Waals surface area contributed by atoms with Crippen LogP contribution in [0, 0.1) is 25.2 Å². The fourth-order valence-corrected chi connectivity index (χ4v) is 2.01. The van der Waals surface area contributed by atoms with Gasteiger partial charge in [-0.1, -0.05) is 0 Å². The number of benzene rings is 1. The van der Waals surface area contributed by atoms with Crippen molar-refractivity contribution in [2.24, 2.45) is 0 Å². The largest absolute Gasteiger partial charge is 0.497 e. The minimum absolute atomic E-state index is 0.424. The Hall–Kier alpha value is -2.48. The molecule has 2 rings (SSSR count). The summed E-state index contributed by atoms with van der Waals surface area (Å²) in [5.41, 5.74) is 3.51. The van der Waals surface area contributed by atoms with Crippen molar-refractivity contribution in [3.05, 3.63) is 41.2 Å². The molecule has 0 saturated carbocycles. The zero-order valence-electron chi connectivity index (χ0n) is 11.2. The maximum Gasteiger partial charge on any atom is 0.143 e. The summed E-state index contributed by atoms with van der Waals surface area (Å²) in [6, 6.07) is 9.31. The van der Waals surface area contributed by atoms with Gasteiger partial charge in [0, 0.05) is 16.9 Å². The van der Waals surface area contributed by atoms with Crippen LogP contribution in [-0.2, 0) is 0 Å². The lowest BCUT2D eigenvalue weighted by Gasteiger charge is -2.13. The zero-order chi connectivity index (χ0) is 13.8. The molecule has 0 aliphatic heterocycles. The van der Waals surface area contributed by atoms with Crippen molar-refractivity contribution >= 4 is 5.69 Å². The highest BCUT2D eigenvalue weighted by Gasteiger charge is 2.18. The first-order valence-corrected chi connectivity index (χ1v) is 5.97. The summed E-state index contributed by atoms with van der Waals surface area (Å²) < 4.78 is 5.10. The molecular formula is C14H16N4O. The van der Waals surface area contributed by atoms with E-state index in [4.69, 9.17) is 4.74 Å². The summed E-state index contributed by atoms with van der Waals surface area (Å²) in [6.45, 7) is 3.80. The summed E-state index contributed by atoms with van der Waals surface area (Å²) in [5.74, 6) is 0.787. The standard InChI is InChI=1S/C14H16N4O/c1-9-14(10(2)18-17-9)13(8-15)16-11-4-6-12(19-3)7-5-11/h4-7,13,16H,1-3H3,(H,17,18). The van der Waals surface area contributed by atoms with Gasteiger partial charge in [0.2, 0.25) is 0 Å². The SMILES string of the molecule is COc1ccc(NC(C#N)c2c(C)n[nH]c2C)cc1. The van der Waals surface area contributed by atoms with Gasteiger partial charge in [0.05, 0.1) is 18.9 Å². The van der Waals surface area contributed by atoms with Crippen molar-refractivity contribution in [2.75, 3.05) is 12.4 Å². The third-order valence-corrected chi connectivity index (χ3v) is 3.00. The number of nitrogens with zero attached hydrogens (tertiary/aromatic N) is 2. The monoisotopic (exact) mass is 256 g/mol. The molecule has 1 unspecified atom stereocenters. The molecule has 1 atom stereocenters. The van der Waals surface area contributed by atoms with Gasteiger partial charge >= 0.3 is 0 Å². The maximum atomic E-state index is 9.33. The Kier molecular flexibility index (Phi) is 3.71. The van der Waals surface area contributed by atoms with Crippen LogP contribution < -0.4 is 10.1 Å². The number of anilines is 1. The van der Waals surface area contributed by atoms with Gasteiger partial charge in [-0.15, -0.1) is 0 Å². The van der Waals surface area contributed by atoms with E-state index >= 15 is 0 Å².